The maximum Gasteiger partial charge on any atom is 0.308 e. The first-order valence-corrected chi connectivity index (χ1v) is 4.73. The first kappa shape index (κ1) is 11.0. The Morgan fingerprint density at radius 3 is 2.93 bits per heavy atom. The van der Waals surface area contributed by atoms with Gasteiger partial charge in [0.15, 0.2) is 0 Å². The molecule has 1 saturated heterocycles. The molecule has 5 nitrogen and oxygen atoms in total. The zero-order chi connectivity index (χ0) is 10.6. The van der Waals surface area contributed by atoms with Crippen LogP contribution in [-0.2, 0) is 14.3 Å². The Labute approximate surface area is 82.6 Å². The molecule has 0 aromatic carbocycles. The second kappa shape index (κ2) is 4.95. The van der Waals surface area contributed by atoms with E-state index in [4.69, 9.17) is 9.84 Å². The molecule has 80 valence electrons. The summed E-state index contributed by atoms with van der Waals surface area (Å²) in [5.41, 5.74) is 0. The Bertz CT molecular complexity index is 229. The number of hydrogen-bond donors (Lipinski definition) is 1. The van der Waals surface area contributed by atoms with Crippen LogP contribution in [0.2, 0.25) is 0 Å². The third-order valence-electron chi connectivity index (χ3n) is 2.27. The average Bonchev–Trinajstić information content (AvgIpc) is 2.49. The topological polar surface area (TPSA) is 66.8 Å². The zero-order valence-corrected chi connectivity index (χ0v) is 8.23. The molecule has 0 bridgehead atoms. The predicted octanol–water partition coefficient (Wildman–Crippen LogP) is -0.0440. The third-order valence-corrected chi connectivity index (χ3v) is 2.27. The normalized spacial score (nSPS) is 21.6. The van der Waals surface area contributed by atoms with Crippen LogP contribution >= 0.6 is 0 Å². The Kier molecular flexibility index (Phi) is 3.88. The molecule has 5 heteroatoms. The number of likely N-dealkylation sites (tertiary alicyclic amines) is 1. The van der Waals surface area contributed by atoms with E-state index < -0.39 is 11.9 Å². The van der Waals surface area contributed by atoms with E-state index in [0.717, 1.165) is 0 Å². The first-order valence-electron chi connectivity index (χ1n) is 4.73. The highest BCUT2D eigenvalue weighted by molar-refractivity contribution is 5.86. The maximum absolute atomic E-state index is 11.3. The van der Waals surface area contributed by atoms with Crippen molar-refractivity contribution in [3.63, 3.8) is 0 Å². The van der Waals surface area contributed by atoms with Crippen LogP contribution in [0.25, 0.3) is 0 Å². The molecule has 1 N–H and O–H groups in total. The molecule has 0 aliphatic carbocycles. The molecule has 0 radical (unpaired) electrons. The fraction of sp³-hybridized carbons (Fsp3) is 0.778. The van der Waals surface area contributed by atoms with Crippen LogP contribution in [0.3, 0.4) is 0 Å². The van der Waals surface area contributed by atoms with Gasteiger partial charge in [-0.25, -0.2) is 0 Å². The van der Waals surface area contributed by atoms with E-state index in [9.17, 15) is 9.59 Å². The molecule has 1 amide bonds. The van der Waals surface area contributed by atoms with Gasteiger partial charge in [0.05, 0.1) is 12.5 Å². The number of nitrogens with zero attached hydrogens (tertiary/aromatic N) is 1. The van der Waals surface area contributed by atoms with E-state index in [0.29, 0.717) is 26.3 Å². The van der Waals surface area contributed by atoms with E-state index >= 15 is 0 Å². The van der Waals surface area contributed by atoms with Crippen LogP contribution in [0.4, 0.5) is 0 Å². The monoisotopic (exact) mass is 201 g/mol. The van der Waals surface area contributed by atoms with E-state index in [1.165, 1.54) is 0 Å². The number of carboxylic acids is 1. The van der Waals surface area contributed by atoms with Gasteiger partial charge in [0.2, 0.25) is 5.91 Å². The largest absolute Gasteiger partial charge is 0.481 e. The van der Waals surface area contributed by atoms with Gasteiger partial charge in [-0.3, -0.25) is 9.59 Å². The number of ether oxygens (including phenoxy) is 1. The highest BCUT2D eigenvalue weighted by Crippen LogP contribution is 2.17. The molecule has 1 heterocycles. The van der Waals surface area contributed by atoms with Gasteiger partial charge in [-0.05, 0) is 6.92 Å². The summed E-state index contributed by atoms with van der Waals surface area (Å²) >= 11 is 0. The quantitative estimate of drug-likeness (QED) is 0.633. The summed E-state index contributed by atoms with van der Waals surface area (Å²) < 4.78 is 5.10. The first-order chi connectivity index (χ1) is 6.65. The number of rotatable bonds is 5. The van der Waals surface area contributed by atoms with Gasteiger partial charge >= 0.3 is 5.97 Å². The van der Waals surface area contributed by atoms with Crippen molar-refractivity contribution in [2.45, 2.75) is 13.3 Å². The minimum Gasteiger partial charge on any atom is -0.481 e. The summed E-state index contributed by atoms with van der Waals surface area (Å²) in [4.78, 5) is 23.5. The Balaban J connectivity index is 2.33. The van der Waals surface area contributed by atoms with Gasteiger partial charge in [-0.1, -0.05) is 0 Å². The van der Waals surface area contributed by atoms with Crippen LogP contribution in [0.15, 0.2) is 0 Å². The lowest BCUT2D eigenvalue weighted by molar-refractivity contribution is -0.141. The summed E-state index contributed by atoms with van der Waals surface area (Å²) in [5.74, 6) is -1.52. The number of aliphatic carboxylic acids is 1. The molecule has 1 aliphatic rings. The van der Waals surface area contributed by atoms with Crippen molar-refractivity contribution in [3.8, 4) is 0 Å². The van der Waals surface area contributed by atoms with Crippen LogP contribution in [0.5, 0.6) is 0 Å². The van der Waals surface area contributed by atoms with Crippen LogP contribution in [0.1, 0.15) is 13.3 Å². The highest BCUT2D eigenvalue weighted by atomic mass is 16.5. The van der Waals surface area contributed by atoms with E-state index in [2.05, 4.69) is 0 Å². The molecule has 14 heavy (non-hydrogen) atoms. The lowest BCUT2D eigenvalue weighted by Gasteiger charge is -2.15. The standard InChI is InChI=1S/C9H15NO4/c1-2-14-4-3-10-6-7(9(12)13)5-8(10)11/h7H,2-6H2,1H3,(H,12,13)/t7-/m0/s1. The van der Waals surface area contributed by atoms with E-state index in [-0.39, 0.29) is 12.3 Å². The van der Waals surface area contributed by atoms with Crippen LogP contribution < -0.4 is 0 Å². The molecular weight excluding hydrogens is 186 g/mol. The summed E-state index contributed by atoms with van der Waals surface area (Å²) in [7, 11) is 0. The summed E-state index contributed by atoms with van der Waals surface area (Å²) in [6, 6.07) is 0. The van der Waals surface area contributed by atoms with Gasteiger partial charge in [0, 0.05) is 26.1 Å². The maximum atomic E-state index is 11.3. The average molecular weight is 201 g/mol. The zero-order valence-electron chi connectivity index (χ0n) is 8.23. The molecule has 0 aromatic rings. The van der Waals surface area contributed by atoms with Crippen molar-refractivity contribution in [3.05, 3.63) is 0 Å². The molecule has 0 aromatic heterocycles. The van der Waals surface area contributed by atoms with Crippen molar-refractivity contribution >= 4 is 11.9 Å². The van der Waals surface area contributed by atoms with E-state index in [1.54, 1.807) is 4.90 Å². The molecule has 1 fully saturated rings. The Morgan fingerprint density at radius 2 is 2.43 bits per heavy atom. The van der Waals surface area contributed by atoms with Crippen molar-refractivity contribution in [1.82, 2.24) is 4.90 Å². The summed E-state index contributed by atoms with van der Waals surface area (Å²) in [6.07, 6.45) is 0.126. The second-order valence-electron chi connectivity index (χ2n) is 3.28. The highest BCUT2D eigenvalue weighted by Gasteiger charge is 2.33. The van der Waals surface area contributed by atoms with Crippen molar-refractivity contribution in [2.24, 2.45) is 5.92 Å². The van der Waals surface area contributed by atoms with Gasteiger partial charge in [-0.15, -0.1) is 0 Å². The molecular formula is C9H15NO4. The second-order valence-corrected chi connectivity index (χ2v) is 3.28. The van der Waals surface area contributed by atoms with Gasteiger partial charge in [0.25, 0.3) is 0 Å². The number of carbonyl (C=O) groups excluding carboxylic acids is 1. The number of carbonyl (C=O) groups is 2. The number of carboxylic acid groups (broad SMARTS) is 1. The molecule has 0 spiro atoms. The lowest BCUT2D eigenvalue weighted by Crippen LogP contribution is -2.29. The van der Waals surface area contributed by atoms with Crippen molar-refractivity contribution in [1.29, 1.82) is 0 Å². The van der Waals surface area contributed by atoms with Gasteiger partial charge < -0.3 is 14.7 Å². The fourth-order valence-electron chi connectivity index (χ4n) is 1.47. The fourth-order valence-corrected chi connectivity index (χ4v) is 1.47. The molecule has 1 atom stereocenters. The summed E-state index contributed by atoms with van der Waals surface area (Å²) in [6.45, 7) is 3.79. The van der Waals surface area contributed by atoms with Gasteiger partial charge in [0.1, 0.15) is 0 Å². The minimum absolute atomic E-state index is 0.0860. The van der Waals surface area contributed by atoms with Crippen molar-refractivity contribution < 1.29 is 19.4 Å². The Hall–Kier alpha value is -1.10. The Morgan fingerprint density at radius 1 is 1.71 bits per heavy atom. The summed E-state index contributed by atoms with van der Waals surface area (Å²) in [5, 5.41) is 8.71. The van der Waals surface area contributed by atoms with Crippen LogP contribution in [0, 0.1) is 5.92 Å². The van der Waals surface area contributed by atoms with E-state index in [1.807, 2.05) is 6.92 Å². The van der Waals surface area contributed by atoms with Gasteiger partial charge in [-0.2, -0.15) is 0 Å². The third kappa shape index (κ3) is 2.70. The molecule has 0 unspecified atom stereocenters. The van der Waals surface area contributed by atoms with Crippen molar-refractivity contribution in [2.75, 3.05) is 26.3 Å². The smallest absolute Gasteiger partial charge is 0.308 e. The van der Waals surface area contributed by atoms with Crippen LogP contribution in [-0.4, -0.2) is 48.2 Å². The lowest BCUT2D eigenvalue weighted by atomic mass is 10.1. The molecule has 1 aliphatic heterocycles. The molecule has 0 saturated carbocycles. The minimum atomic E-state index is -0.891. The predicted molar refractivity (Wildman–Crippen MR) is 48.8 cm³/mol. The molecule has 1 rings (SSSR count). The number of hydrogen-bond acceptors (Lipinski definition) is 3. The number of amides is 1. The SMILES string of the molecule is CCOCCN1C[C@@H](C(=O)O)CC1=O.